The van der Waals surface area contributed by atoms with E-state index >= 15 is 0 Å². The van der Waals surface area contributed by atoms with Crippen molar-refractivity contribution >= 4 is 27.8 Å². The molecule has 0 aliphatic carbocycles. The molecule has 4 N–H and O–H groups in total. The Kier molecular flexibility index (Phi) is 3.84. The normalized spacial score (nSPS) is 16.1. The van der Waals surface area contributed by atoms with Crippen molar-refractivity contribution in [1.29, 1.82) is 0 Å². The Hall–Kier alpha value is -2.75. The number of methoxy groups -OCH3 is 1. The number of amides is 2. The highest BCUT2D eigenvalue weighted by Crippen LogP contribution is 2.39. The highest BCUT2D eigenvalue weighted by atomic mass is 79.9. The molecule has 10 heteroatoms. The third-order valence-electron chi connectivity index (χ3n) is 3.76. The molecule has 0 saturated heterocycles. The van der Waals surface area contributed by atoms with Gasteiger partial charge in [-0.05, 0) is 33.6 Å². The van der Waals surface area contributed by atoms with Gasteiger partial charge in [0, 0.05) is 7.05 Å². The van der Waals surface area contributed by atoms with E-state index in [0.29, 0.717) is 10.0 Å². The van der Waals surface area contributed by atoms with E-state index in [1.807, 2.05) is 0 Å². The predicted molar refractivity (Wildman–Crippen MR) is 88.7 cm³/mol. The quantitative estimate of drug-likeness (QED) is 0.596. The van der Waals surface area contributed by atoms with E-state index in [2.05, 4.69) is 31.5 Å². The number of halogens is 1. The molecule has 9 nitrogen and oxygen atoms in total. The summed E-state index contributed by atoms with van der Waals surface area (Å²) in [6.07, 6.45) is 0. The van der Waals surface area contributed by atoms with E-state index < -0.39 is 23.3 Å². The molecule has 1 aromatic heterocycles. The number of nitrogens with one attached hydrogen (secondary N) is 3. The molecule has 0 radical (unpaired) electrons. The van der Waals surface area contributed by atoms with Crippen LogP contribution in [0.3, 0.4) is 0 Å². The van der Waals surface area contributed by atoms with E-state index in [-0.39, 0.29) is 22.9 Å². The Morgan fingerprint density at radius 1 is 1.29 bits per heavy atom. The second-order valence-electron chi connectivity index (χ2n) is 5.17. The lowest BCUT2D eigenvalue weighted by atomic mass is 9.98. The second kappa shape index (κ2) is 5.71. The number of aromatic amines is 1. The highest BCUT2D eigenvalue weighted by molar-refractivity contribution is 9.10. The number of carbonyl (C=O) groups is 1. The van der Waals surface area contributed by atoms with Gasteiger partial charge in [-0.15, -0.1) is 0 Å². The smallest absolute Gasteiger partial charge is 0.329 e. The van der Waals surface area contributed by atoms with Gasteiger partial charge in [0.2, 0.25) is 0 Å². The first-order chi connectivity index (χ1) is 11.3. The Bertz CT molecular complexity index is 965. The van der Waals surface area contributed by atoms with E-state index in [1.165, 1.54) is 20.2 Å². The number of carbonyl (C=O) groups excluding carboxylic acids is 1. The Labute approximate surface area is 143 Å². The summed E-state index contributed by atoms with van der Waals surface area (Å²) >= 11 is 3.20. The molecule has 1 aliphatic rings. The zero-order chi connectivity index (χ0) is 17.6. The predicted octanol–water partition coefficient (Wildman–Crippen LogP) is 0.775. The molecule has 24 heavy (non-hydrogen) atoms. The van der Waals surface area contributed by atoms with Crippen LogP contribution in [0.4, 0.5) is 10.6 Å². The third-order valence-corrected chi connectivity index (χ3v) is 4.36. The van der Waals surface area contributed by atoms with E-state index in [4.69, 9.17) is 4.74 Å². The molecule has 0 fully saturated rings. The summed E-state index contributed by atoms with van der Waals surface area (Å²) in [6.45, 7) is 0. The van der Waals surface area contributed by atoms with Gasteiger partial charge in [0.1, 0.15) is 5.82 Å². The third kappa shape index (κ3) is 2.44. The van der Waals surface area contributed by atoms with Gasteiger partial charge >= 0.3 is 11.7 Å². The van der Waals surface area contributed by atoms with Gasteiger partial charge in [0.25, 0.3) is 5.56 Å². The number of benzene rings is 1. The summed E-state index contributed by atoms with van der Waals surface area (Å²) in [5.41, 5.74) is -0.578. The number of aromatic nitrogens is 2. The molecule has 0 bridgehead atoms. The minimum Gasteiger partial charge on any atom is -0.503 e. The van der Waals surface area contributed by atoms with Crippen molar-refractivity contribution in [3.63, 3.8) is 0 Å². The first-order valence-electron chi connectivity index (χ1n) is 6.80. The number of rotatable bonds is 2. The number of anilines is 1. The number of phenolic OH excluding ortho intramolecular Hbond substituents is 1. The van der Waals surface area contributed by atoms with Gasteiger partial charge in [-0.1, -0.05) is 0 Å². The summed E-state index contributed by atoms with van der Waals surface area (Å²) < 4.78 is 6.58. The van der Waals surface area contributed by atoms with Gasteiger partial charge in [-0.25, -0.2) is 9.59 Å². The van der Waals surface area contributed by atoms with Crippen LogP contribution in [0, 0.1) is 0 Å². The van der Waals surface area contributed by atoms with Gasteiger partial charge < -0.3 is 15.2 Å². The molecule has 3 rings (SSSR count). The molecule has 2 amide bonds. The lowest BCUT2D eigenvalue weighted by molar-refractivity contribution is 0.248. The summed E-state index contributed by atoms with van der Waals surface area (Å²) in [6, 6.07) is 1.68. The van der Waals surface area contributed by atoms with Crippen LogP contribution in [-0.2, 0) is 7.05 Å². The zero-order valence-electron chi connectivity index (χ0n) is 12.6. The van der Waals surface area contributed by atoms with Crippen molar-refractivity contribution in [2.45, 2.75) is 6.04 Å². The molecule has 1 aliphatic heterocycles. The lowest BCUT2D eigenvalue weighted by Crippen LogP contribution is -2.46. The molecule has 0 saturated carbocycles. The number of urea groups is 1. The van der Waals surface area contributed by atoms with Crippen LogP contribution in [0.5, 0.6) is 11.5 Å². The molecular formula is C14H13BrN4O5. The van der Waals surface area contributed by atoms with Crippen LogP contribution in [0.15, 0.2) is 26.2 Å². The summed E-state index contributed by atoms with van der Waals surface area (Å²) in [5.74, 6) is 0.187. The number of nitrogens with zero attached hydrogens (tertiary/aromatic N) is 1. The number of phenols is 1. The average molecular weight is 397 g/mol. The first kappa shape index (κ1) is 16.1. The number of aromatic hydroxyl groups is 1. The monoisotopic (exact) mass is 396 g/mol. The van der Waals surface area contributed by atoms with Crippen LogP contribution < -0.4 is 26.6 Å². The minimum absolute atomic E-state index is 0.101. The maximum atomic E-state index is 12.3. The standard InChI is InChI=1S/C14H13BrN4O5/c1-19-11-8(12(21)18-14(19)23)9(16-13(22)17-11)5-3-6(15)10(20)7(4-5)24-2/h3-4,9,20H,1-2H3,(H2,16,17,22)(H,18,21,23)/t9-/m1/s1. The van der Waals surface area contributed by atoms with Crippen LogP contribution in [0.25, 0.3) is 0 Å². The number of hydrogen-bond acceptors (Lipinski definition) is 5. The molecule has 1 aromatic carbocycles. The SMILES string of the molecule is COc1cc([C@H]2NC(=O)Nc3c2c(=O)[nH]c(=O)n3C)cc(Br)c1O. The Morgan fingerprint density at radius 2 is 2.00 bits per heavy atom. The average Bonchev–Trinajstić information content (AvgIpc) is 2.54. The summed E-state index contributed by atoms with van der Waals surface area (Å²) in [4.78, 5) is 38.2. The minimum atomic E-state index is -0.824. The van der Waals surface area contributed by atoms with Gasteiger partial charge in [-0.2, -0.15) is 0 Å². The Balaban J connectivity index is 2.27. The summed E-state index contributed by atoms with van der Waals surface area (Å²) in [5, 5.41) is 15.0. The zero-order valence-corrected chi connectivity index (χ0v) is 14.2. The topological polar surface area (TPSA) is 125 Å². The second-order valence-corrected chi connectivity index (χ2v) is 6.02. The van der Waals surface area contributed by atoms with Crippen LogP contribution in [-0.4, -0.2) is 27.8 Å². The molecule has 2 aromatic rings. The maximum Gasteiger partial charge on any atom is 0.329 e. The number of fused-ring (bicyclic) bond motifs is 1. The van der Waals surface area contributed by atoms with Crippen molar-refractivity contribution < 1.29 is 14.6 Å². The lowest BCUT2D eigenvalue weighted by Gasteiger charge is -2.28. The molecule has 1 atom stereocenters. The maximum absolute atomic E-state index is 12.3. The van der Waals surface area contributed by atoms with E-state index in [1.54, 1.807) is 6.07 Å². The molecule has 0 spiro atoms. The first-order valence-corrected chi connectivity index (χ1v) is 7.60. The van der Waals surface area contributed by atoms with E-state index in [0.717, 1.165) is 4.57 Å². The van der Waals surface area contributed by atoms with Crippen LogP contribution in [0.2, 0.25) is 0 Å². The largest absolute Gasteiger partial charge is 0.503 e. The van der Waals surface area contributed by atoms with Gasteiger partial charge in [0.05, 0.1) is 23.2 Å². The van der Waals surface area contributed by atoms with Crippen molar-refractivity contribution in [3.8, 4) is 11.5 Å². The summed E-state index contributed by atoms with van der Waals surface area (Å²) in [7, 11) is 2.82. The fraction of sp³-hybridized carbons (Fsp3) is 0.214. The number of H-pyrrole nitrogens is 1. The Morgan fingerprint density at radius 3 is 2.67 bits per heavy atom. The van der Waals surface area contributed by atoms with Crippen molar-refractivity contribution in [3.05, 3.63) is 48.6 Å². The molecule has 126 valence electrons. The highest BCUT2D eigenvalue weighted by Gasteiger charge is 2.31. The fourth-order valence-corrected chi connectivity index (χ4v) is 3.03. The molecule has 2 heterocycles. The van der Waals surface area contributed by atoms with E-state index in [9.17, 15) is 19.5 Å². The van der Waals surface area contributed by atoms with Crippen LogP contribution >= 0.6 is 15.9 Å². The van der Waals surface area contributed by atoms with Crippen molar-refractivity contribution in [2.75, 3.05) is 12.4 Å². The van der Waals surface area contributed by atoms with Crippen LogP contribution in [0.1, 0.15) is 17.2 Å². The molecular weight excluding hydrogens is 384 g/mol. The van der Waals surface area contributed by atoms with Crippen molar-refractivity contribution in [2.24, 2.45) is 7.05 Å². The van der Waals surface area contributed by atoms with Gasteiger partial charge in [-0.3, -0.25) is 19.7 Å². The van der Waals surface area contributed by atoms with Crippen molar-refractivity contribution in [1.82, 2.24) is 14.9 Å². The number of ether oxygens (including phenoxy) is 1. The number of hydrogen-bond donors (Lipinski definition) is 4. The fourth-order valence-electron chi connectivity index (χ4n) is 2.57. The van der Waals surface area contributed by atoms with Gasteiger partial charge in [0.15, 0.2) is 11.5 Å². The molecule has 0 unspecified atom stereocenters.